The molecular weight excluding hydrogens is 412 g/mol. The summed E-state index contributed by atoms with van der Waals surface area (Å²) >= 11 is 6.43. The van der Waals surface area contributed by atoms with Crippen molar-refractivity contribution in [2.24, 2.45) is 0 Å². The lowest BCUT2D eigenvalue weighted by Crippen LogP contribution is -2.17. The molecule has 3 nitrogen and oxygen atoms in total. The smallest absolute Gasteiger partial charge is 0.180 e. The summed E-state index contributed by atoms with van der Waals surface area (Å²) in [6.07, 6.45) is 0.621. The van der Waals surface area contributed by atoms with Crippen LogP contribution in [0.1, 0.15) is 16.7 Å². The van der Waals surface area contributed by atoms with Gasteiger partial charge in [-0.25, -0.2) is 4.39 Å². The quantitative estimate of drug-likeness (QED) is 0.429. The van der Waals surface area contributed by atoms with Crippen molar-refractivity contribution in [1.29, 1.82) is 0 Å². The first-order chi connectivity index (χ1) is 13.7. The molecule has 0 saturated heterocycles. The molecule has 0 amide bonds. The largest absolute Gasteiger partial charge is 0.493 e. The summed E-state index contributed by atoms with van der Waals surface area (Å²) in [7, 11) is 1.59. The standard InChI is InChI=1S/C23H23ClFNO2.ClH/c1-27-22-14-18(15-26-12-11-19-9-5-6-10-21(19)25)13-20(24)23(22)28-16-17-7-3-2-4-8-17;/h2-10,13-14,26H,11-12,15-16H2,1H3;1H. The highest BCUT2D eigenvalue weighted by Crippen LogP contribution is 2.37. The molecular formula is C23H24Cl2FNO2. The Morgan fingerprint density at radius 2 is 1.69 bits per heavy atom. The van der Waals surface area contributed by atoms with E-state index in [1.165, 1.54) is 6.07 Å². The van der Waals surface area contributed by atoms with Gasteiger partial charge in [-0.3, -0.25) is 0 Å². The Hall–Kier alpha value is -2.27. The van der Waals surface area contributed by atoms with Gasteiger partial charge < -0.3 is 14.8 Å². The lowest BCUT2D eigenvalue weighted by Gasteiger charge is -2.15. The van der Waals surface area contributed by atoms with Gasteiger partial charge in [-0.05, 0) is 47.9 Å². The number of ether oxygens (including phenoxy) is 2. The minimum absolute atomic E-state index is 0. The summed E-state index contributed by atoms with van der Waals surface area (Å²) in [4.78, 5) is 0. The SMILES string of the molecule is COc1cc(CNCCc2ccccc2F)cc(Cl)c1OCc1ccccc1.Cl. The molecule has 0 spiro atoms. The van der Waals surface area contributed by atoms with Crippen LogP contribution < -0.4 is 14.8 Å². The van der Waals surface area contributed by atoms with Crippen LogP contribution >= 0.6 is 24.0 Å². The molecule has 0 aliphatic heterocycles. The number of halogens is 3. The molecule has 0 heterocycles. The predicted octanol–water partition coefficient (Wildman–Crippen LogP) is 5.82. The van der Waals surface area contributed by atoms with Gasteiger partial charge in [-0.1, -0.05) is 60.1 Å². The van der Waals surface area contributed by atoms with E-state index in [2.05, 4.69) is 5.32 Å². The molecule has 0 saturated carbocycles. The average molecular weight is 436 g/mol. The van der Waals surface area contributed by atoms with Crippen molar-refractivity contribution >= 4 is 24.0 Å². The average Bonchev–Trinajstić information content (AvgIpc) is 2.72. The van der Waals surface area contributed by atoms with Crippen LogP contribution in [0.25, 0.3) is 0 Å². The minimum atomic E-state index is -0.172. The van der Waals surface area contributed by atoms with Gasteiger partial charge in [0.15, 0.2) is 11.5 Å². The fourth-order valence-corrected chi connectivity index (χ4v) is 3.19. The van der Waals surface area contributed by atoms with Crippen molar-refractivity contribution in [2.45, 2.75) is 19.6 Å². The molecule has 0 aromatic heterocycles. The maximum absolute atomic E-state index is 13.7. The van der Waals surface area contributed by atoms with E-state index >= 15 is 0 Å². The second-order valence-electron chi connectivity index (χ2n) is 6.40. The number of methoxy groups -OCH3 is 1. The van der Waals surface area contributed by atoms with E-state index in [4.69, 9.17) is 21.1 Å². The second kappa shape index (κ2) is 11.7. The Bertz CT molecular complexity index is 907. The third-order valence-corrected chi connectivity index (χ3v) is 4.65. The monoisotopic (exact) mass is 435 g/mol. The van der Waals surface area contributed by atoms with Gasteiger partial charge in [0.05, 0.1) is 12.1 Å². The van der Waals surface area contributed by atoms with Crippen molar-refractivity contribution < 1.29 is 13.9 Å². The summed E-state index contributed by atoms with van der Waals surface area (Å²) in [6.45, 7) is 1.67. The van der Waals surface area contributed by atoms with E-state index in [9.17, 15) is 4.39 Å². The normalized spacial score (nSPS) is 10.3. The van der Waals surface area contributed by atoms with Crippen molar-refractivity contribution in [1.82, 2.24) is 5.32 Å². The van der Waals surface area contributed by atoms with Crippen molar-refractivity contribution in [3.05, 3.63) is 94.3 Å². The van der Waals surface area contributed by atoms with E-state index < -0.39 is 0 Å². The predicted molar refractivity (Wildman–Crippen MR) is 118 cm³/mol. The van der Waals surface area contributed by atoms with E-state index in [1.54, 1.807) is 19.2 Å². The molecule has 0 aliphatic carbocycles. The number of hydrogen-bond donors (Lipinski definition) is 1. The molecule has 154 valence electrons. The highest BCUT2D eigenvalue weighted by molar-refractivity contribution is 6.32. The number of rotatable bonds is 9. The van der Waals surface area contributed by atoms with Crippen LogP contribution in [0.2, 0.25) is 5.02 Å². The Labute approximate surface area is 182 Å². The van der Waals surface area contributed by atoms with Crippen LogP contribution in [0.3, 0.4) is 0 Å². The molecule has 6 heteroatoms. The Morgan fingerprint density at radius 3 is 2.41 bits per heavy atom. The first-order valence-electron chi connectivity index (χ1n) is 9.14. The highest BCUT2D eigenvalue weighted by Gasteiger charge is 2.12. The van der Waals surface area contributed by atoms with Gasteiger partial charge in [-0.15, -0.1) is 12.4 Å². The second-order valence-corrected chi connectivity index (χ2v) is 6.81. The highest BCUT2D eigenvalue weighted by atomic mass is 35.5. The maximum atomic E-state index is 13.7. The van der Waals surface area contributed by atoms with Crippen LogP contribution in [-0.4, -0.2) is 13.7 Å². The first kappa shape index (κ1) is 23.0. The van der Waals surface area contributed by atoms with Crippen LogP contribution in [0.15, 0.2) is 66.7 Å². The third kappa shape index (κ3) is 6.64. The maximum Gasteiger partial charge on any atom is 0.180 e. The number of benzene rings is 3. The summed E-state index contributed by atoms with van der Waals surface area (Å²) in [5.74, 6) is 0.950. The van der Waals surface area contributed by atoms with Crippen LogP contribution in [0, 0.1) is 5.82 Å². The third-order valence-electron chi connectivity index (χ3n) is 4.37. The Morgan fingerprint density at radius 1 is 0.966 bits per heavy atom. The lowest BCUT2D eigenvalue weighted by molar-refractivity contribution is 0.284. The van der Waals surface area contributed by atoms with E-state index in [0.29, 0.717) is 48.2 Å². The van der Waals surface area contributed by atoms with Gasteiger partial charge in [0, 0.05) is 6.54 Å². The molecule has 3 aromatic rings. The van der Waals surface area contributed by atoms with E-state index in [-0.39, 0.29) is 18.2 Å². The first-order valence-corrected chi connectivity index (χ1v) is 9.52. The van der Waals surface area contributed by atoms with E-state index in [0.717, 1.165) is 11.1 Å². The van der Waals surface area contributed by atoms with E-state index in [1.807, 2.05) is 48.5 Å². The van der Waals surface area contributed by atoms with Crippen molar-refractivity contribution in [3.8, 4) is 11.5 Å². The van der Waals surface area contributed by atoms with Gasteiger partial charge >= 0.3 is 0 Å². The number of hydrogen-bond acceptors (Lipinski definition) is 3. The molecule has 0 unspecified atom stereocenters. The van der Waals surface area contributed by atoms with Crippen LogP contribution in [-0.2, 0) is 19.6 Å². The van der Waals surface area contributed by atoms with Gasteiger partial charge in [0.2, 0.25) is 0 Å². The van der Waals surface area contributed by atoms with Crippen molar-refractivity contribution in [3.63, 3.8) is 0 Å². The zero-order chi connectivity index (χ0) is 19.8. The van der Waals surface area contributed by atoms with Gasteiger partial charge in [0.25, 0.3) is 0 Å². The molecule has 0 atom stereocenters. The molecule has 3 aromatic carbocycles. The fourth-order valence-electron chi connectivity index (χ4n) is 2.90. The molecule has 0 bridgehead atoms. The summed E-state index contributed by atoms with van der Waals surface area (Å²) < 4.78 is 25.0. The van der Waals surface area contributed by atoms with Gasteiger partial charge in [0.1, 0.15) is 12.4 Å². The van der Waals surface area contributed by atoms with Crippen molar-refractivity contribution in [2.75, 3.05) is 13.7 Å². The molecule has 0 radical (unpaired) electrons. The van der Waals surface area contributed by atoms with Crippen LogP contribution in [0.4, 0.5) is 4.39 Å². The fraction of sp³-hybridized carbons (Fsp3) is 0.217. The molecule has 29 heavy (non-hydrogen) atoms. The van der Waals surface area contributed by atoms with Gasteiger partial charge in [-0.2, -0.15) is 0 Å². The lowest BCUT2D eigenvalue weighted by atomic mass is 10.1. The topological polar surface area (TPSA) is 30.5 Å². The Balaban J connectivity index is 0.00000300. The summed E-state index contributed by atoms with van der Waals surface area (Å²) in [5.41, 5.74) is 2.73. The molecule has 0 aliphatic rings. The Kier molecular flexibility index (Phi) is 9.26. The summed E-state index contributed by atoms with van der Waals surface area (Å²) in [5, 5.41) is 3.81. The zero-order valence-electron chi connectivity index (χ0n) is 16.2. The van der Waals surface area contributed by atoms with Crippen LogP contribution in [0.5, 0.6) is 11.5 Å². The minimum Gasteiger partial charge on any atom is -0.493 e. The molecule has 1 N–H and O–H groups in total. The molecule has 0 fully saturated rings. The molecule has 3 rings (SSSR count). The number of nitrogens with one attached hydrogen (secondary N) is 1. The summed E-state index contributed by atoms with van der Waals surface area (Å²) in [6, 6.07) is 20.5. The zero-order valence-corrected chi connectivity index (χ0v) is 17.7.